The minimum absolute atomic E-state index is 0.0785. The van der Waals surface area contributed by atoms with Gasteiger partial charge in [0.25, 0.3) is 18.3 Å². The van der Waals surface area contributed by atoms with Crippen molar-refractivity contribution >= 4 is 41.7 Å². The quantitative estimate of drug-likeness (QED) is 0.192. The molecule has 0 aromatic carbocycles. The summed E-state index contributed by atoms with van der Waals surface area (Å²) in [6, 6.07) is 1.88. The van der Waals surface area contributed by atoms with Gasteiger partial charge in [-0.25, -0.2) is 19.7 Å². The number of nitrogens with one attached hydrogen (secondary N) is 2. The number of nitrogens with zero attached hydrogens (tertiary/aromatic N) is 4. The lowest BCUT2D eigenvalue weighted by Crippen LogP contribution is -2.30. The molecule has 0 radical (unpaired) electrons. The molecule has 4 heterocycles. The molecular weight excluding hydrogens is 534 g/mol. The van der Waals surface area contributed by atoms with Crippen molar-refractivity contribution in [2.24, 2.45) is 11.7 Å². The Balaban J connectivity index is 0.00000112. The number of hydrogen-bond acceptors (Lipinski definition) is 11. The van der Waals surface area contributed by atoms with Crippen molar-refractivity contribution in [2.75, 3.05) is 43.1 Å². The van der Waals surface area contributed by atoms with Crippen molar-refractivity contribution in [3.63, 3.8) is 0 Å². The topological polar surface area (TPSA) is 191 Å². The fraction of sp³-hybridized carbons (Fsp3) is 0.500. The number of aromatic nitrogens is 3. The van der Waals surface area contributed by atoms with Gasteiger partial charge in [0.15, 0.2) is 18.2 Å². The maximum absolute atomic E-state index is 12.4. The van der Waals surface area contributed by atoms with Crippen LogP contribution in [0.1, 0.15) is 24.5 Å². The van der Waals surface area contributed by atoms with E-state index >= 15 is 0 Å². The number of rotatable bonds is 9. The zero-order chi connectivity index (χ0) is 27.9. The molecule has 2 aliphatic heterocycles. The van der Waals surface area contributed by atoms with Crippen LogP contribution in [0.4, 0.5) is 16.4 Å². The molecule has 14 nitrogen and oxygen atoms in total. The predicted octanol–water partition coefficient (Wildman–Crippen LogP) is 1.00. The number of amides is 2. The van der Waals surface area contributed by atoms with Crippen LogP contribution in [0, 0.1) is 5.92 Å². The molecule has 2 aromatic rings. The van der Waals surface area contributed by atoms with Gasteiger partial charge >= 0.3 is 6.09 Å². The third-order valence-corrected chi connectivity index (χ3v) is 6.50. The average Bonchev–Trinajstić information content (AvgIpc) is 3.48. The normalized spacial score (nSPS) is 20.0. The molecule has 2 aromatic heterocycles. The molecule has 5 rings (SSSR count). The Morgan fingerprint density at radius 3 is 2.95 bits per heavy atom. The summed E-state index contributed by atoms with van der Waals surface area (Å²) < 4.78 is 16.3. The first-order valence-corrected chi connectivity index (χ1v) is 12.8. The van der Waals surface area contributed by atoms with Gasteiger partial charge in [-0.3, -0.25) is 14.5 Å². The number of carbonyl (C=O) groups is 3. The van der Waals surface area contributed by atoms with Crippen LogP contribution in [-0.2, 0) is 27.2 Å². The van der Waals surface area contributed by atoms with Gasteiger partial charge < -0.3 is 35.7 Å². The lowest BCUT2D eigenvalue weighted by Gasteiger charge is -2.18. The molecule has 15 heteroatoms. The van der Waals surface area contributed by atoms with E-state index in [2.05, 4.69) is 25.6 Å². The molecule has 3 aliphatic rings. The molecule has 0 spiro atoms. The number of hydrogen-bond donors (Lipinski definition) is 4. The third kappa shape index (κ3) is 7.22. The number of fused-ring (bicyclic) bond motifs is 2. The first-order chi connectivity index (χ1) is 18.8. The SMILES string of the molecule is CC(N)COc1cc2c(c(Cl)n1)CC(CNCCC1CN(c3cnc4c(n3)NC(=O)CO4)C(=O)O1)C2.O=CO. The van der Waals surface area contributed by atoms with Gasteiger partial charge in [-0.1, -0.05) is 11.6 Å². The van der Waals surface area contributed by atoms with E-state index in [4.69, 9.17) is 41.4 Å². The van der Waals surface area contributed by atoms with E-state index in [1.807, 2.05) is 13.0 Å². The molecular formula is C24H30ClN7O7. The number of cyclic esters (lactones) is 1. The standard InChI is InChI=1S/C23H28ClN7O5.CH2O2/c1-12(25)10-34-19-6-14-4-13(5-16(14)20(24)30-19)7-26-3-2-15-9-31(23(33)36-15)17-8-27-22-21(28-17)29-18(32)11-35-22;2-1-3/h6,8,12-13,15,26H,2-5,7,9-11,25H2,1H3,(H,28,29,32);1H,(H,2,3). The smallest absolute Gasteiger partial charge is 0.415 e. The first kappa shape index (κ1) is 28.3. The van der Waals surface area contributed by atoms with Gasteiger partial charge in [-0.2, -0.15) is 0 Å². The van der Waals surface area contributed by atoms with Crippen molar-refractivity contribution in [1.29, 1.82) is 0 Å². The molecule has 2 amide bonds. The van der Waals surface area contributed by atoms with E-state index in [1.165, 1.54) is 11.1 Å². The van der Waals surface area contributed by atoms with Crippen LogP contribution >= 0.6 is 11.6 Å². The number of halogens is 1. The van der Waals surface area contributed by atoms with E-state index < -0.39 is 6.09 Å². The summed E-state index contributed by atoms with van der Waals surface area (Å²) in [5.74, 6) is 1.32. The van der Waals surface area contributed by atoms with Gasteiger partial charge in [0, 0.05) is 12.1 Å². The molecule has 39 heavy (non-hydrogen) atoms. The Kier molecular flexibility index (Phi) is 9.32. The minimum atomic E-state index is -0.493. The zero-order valence-electron chi connectivity index (χ0n) is 21.3. The summed E-state index contributed by atoms with van der Waals surface area (Å²) in [4.78, 5) is 46.5. The summed E-state index contributed by atoms with van der Waals surface area (Å²) in [6.45, 7) is 3.75. The van der Waals surface area contributed by atoms with E-state index in [-0.39, 0.29) is 42.8 Å². The first-order valence-electron chi connectivity index (χ1n) is 12.4. The van der Waals surface area contributed by atoms with E-state index in [0.29, 0.717) is 48.9 Å². The lowest BCUT2D eigenvalue weighted by molar-refractivity contribution is -0.123. The number of nitrogens with two attached hydrogens (primary N) is 1. The van der Waals surface area contributed by atoms with Crippen molar-refractivity contribution in [1.82, 2.24) is 20.3 Å². The highest BCUT2D eigenvalue weighted by atomic mass is 35.5. The van der Waals surface area contributed by atoms with Crippen molar-refractivity contribution in [3.8, 4) is 11.8 Å². The summed E-state index contributed by atoms with van der Waals surface area (Å²) in [7, 11) is 0. The van der Waals surface area contributed by atoms with Crippen LogP contribution in [0.3, 0.4) is 0 Å². The Hall–Kier alpha value is -3.75. The van der Waals surface area contributed by atoms with E-state index in [9.17, 15) is 9.59 Å². The van der Waals surface area contributed by atoms with Crippen molar-refractivity contribution < 1.29 is 33.7 Å². The van der Waals surface area contributed by atoms with E-state index in [0.717, 1.165) is 30.5 Å². The molecule has 3 atom stereocenters. The van der Waals surface area contributed by atoms with Gasteiger partial charge in [0.05, 0.1) is 12.7 Å². The second-order valence-electron chi connectivity index (χ2n) is 9.38. The van der Waals surface area contributed by atoms with Crippen LogP contribution in [-0.4, -0.2) is 83.5 Å². The van der Waals surface area contributed by atoms with Crippen LogP contribution in [0.15, 0.2) is 12.3 Å². The second-order valence-corrected chi connectivity index (χ2v) is 9.74. The highest BCUT2D eigenvalue weighted by Crippen LogP contribution is 2.33. The van der Waals surface area contributed by atoms with Gasteiger partial charge in [0.1, 0.15) is 17.9 Å². The fourth-order valence-corrected chi connectivity index (χ4v) is 4.77. The number of carbonyl (C=O) groups excluding carboxylic acids is 2. The second kappa shape index (κ2) is 12.9. The molecule has 1 fully saturated rings. The molecule has 0 saturated carbocycles. The number of carboxylic acid groups (broad SMARTS) is 1. The summed E-state index contributed by atoms with van der Waals surface area (Å²) in [6.07, 6.45) is 3.06. The van der Waals surface area contributed by atoms with Gasteiger partial charge in [0.2, 0.25) is 5.88 Å². The van der Waals surface area contributed by atoms with Crippen molar-refractivity contribution in [2.45, 2.75) is 38.3 Å². The summed E-state index contributed by atoms with van der Waals surface area (Å²) in [5.41, 5.74) is 7.99. The lowest BCUT2D eigenvalue weighted by atomic mass is 10.1. The Morgan fingerprint density at radius 2 is 2.18 bits per heavy atom. The summed E-state index contributed by atoms with van der Waals surface area (Å²) >= 11 is 6.39. The van der Waals surface area contributed by atoms with Gasteiger partial charge in [-0.15, -0.1) is 0 Å². The number of pyridine rings is 1. The molecule has 1 saturated heterocycles. The number of anilines is 2. The molecule has 3 unspecified atom stereocenters. The average molecular weight is 564 g/mol. The van der Waals surface area contributed by atoms with Gasteiger partial charge in [-0.05, 0) is 56.3 Å². The zero-order valence-corrected chi connectivity index (χ0v) is 22.0. The highest BCUT2D eigenvalue weighted by molar-refractivity contribution is 6.30. The molecule has 210 valence electrons. The van der Waals surface area contributed by atoms with Crippen LogP contribution in [0.2, 0.25) is 5.15 Å². The predicted molar refractivity (Wildman–Crippen MR) is 139 cm³/mol. The summed E-state index contributed by atoms with van der Waals surface area (Å²) in [5, 5.41) is 13.4. The molecule has 5 N–H and O–H groups in total. The van der Waals surface area contributed by atoms with E-state index in [1.54, 1.807) is 0 Å². The van der Waals surface area contributed by atoms with Crippen LogP contribution in [0.5, 0.6) is 11.8 Å². The largest absolute Gasteiger partial charge is 0.483 e. The van der Waals surface area contributed by atoms with Crippen LogP contribution in [0.25, 0.3) is 0 Å². The highest BCUT2D eigenvalue weighted by Gasteiger charge is 2.34. The molecule has 0 bridgehead atoms. The monoisotopic (exact) mass is 563 g/mol. The molecule has 1 aliphatic carbocycles. The fourth-order valence-electron chi connectivity index (χ4n) is 4.49. The third-order valence-electron chi connectivity index (χ3n) is 6.19. The Bertz CT molecular complexity index is 1220. The maximum atomic E-state index is 12.4. The minimum Gasteiger partial charge on any atom is -0.483 e. The number of ether oxygens (including phenoxy) is 3. The van der Waals surface area contributed by atoms with Crippen LogP contribution < -0.4 is 30.7 Å². The Morgan fingerprint density at radius 1 is 1.38 bits per heavy atom. The maximum Gasteiger partial charge on any atom is 0.415 e. The van der Waals surface area contributed by atoms with Crippen molar-refractivity contribution in [3.05, 3.63) is 28.5 Å². The Labute approximate surface area is 229 Å².